The lowest BCUT2D eigenvalue weighted by molar-refractivity contribution is 0.0655. The molecule has 0 spiro atoms. The van der Waals surface area contributed by atoms with E-state index in [1.807, 2.05) is 6.07 Å². The number of carbonyl (C=O) groups is 2. The number of aromatic nitrogens is 6. The van der Waals surface area contributed by atoms with Crippen molar-refractivity contribution in [2.24, 2.45) is 0 Å². The van der Waals surface area contributed by atoms with Gasteiger partial charge in [-0.1, -0.05) is 24.3 Å². The number of fused-ring (bicyclic) bond motifs is 2. The Balaban J connectivity index is 1.28. The first-order valence-electron chi connectivity index (χ1n) is 9.30. The molecular formula is C20H15N7O3. The smallest absolute Gasteiger partial charge is 0.261 e. The van der Waals surface area contributed by atoms with Crippen molar-refractivity contribution in [3.05, 3.63) is 81.7 Å². The van der Waals surface area contributed by atoms with E-state index in [1.54, 1.807) is 42.5 Å². The monoisotopic (exact) mass is 401 g/mol. The second kappa shape index (κ2) is 6.99. The Morgan fingerprint density at radius 2 is 1.60 bits per heavy atom. The van der Waals surface area contributed by atoms with E-state index in [0.29, 0.717) is 33.7 Å². The molecule has 0 aliphatic carbocycles. The lowest BCUT2D eigenvalue weighted by atomic mass is 10.1. The second-order valence-electron chi connectivity index (χ2n) is 6.82. The molecule has 2 aromatic carbocycles. The van der Waals surface area contributed by atoms with Crippen LogP contribution in [0, 0.1) is 0 Å². The SMILES string of the molecule is O=C1c2ccccc2C(=O)N1CCc1nnn(Cc2nc3ccccc3c(=O)[nH]2)n1. The van der Waals surface area contributed by atoms with E-state index in [0.717, 1.165) is 0 Å². The second-order valence-corrected chi connectivity index (χ2v) is 6.82. The number of tetrazole rings is 1. The van der Waals surface area contributed by atoms with Gasteiger partial charge in [0.05, 0.1) is 22.0 Å². The molecule has 0 unspecified atom stereocenters. The number of nitrogens with one attached hydrogen (secondary N) is 1. The molecule has 10 nitrogen and oxygen atoms in total. The molecule has 0 atom stereocenters. The zero-order valence-electron chi connectivity index (χ0n) is 15.6. The summed E-state index contributed by atoms with van der Waals surface area (Å²) in [6, 6.07) is 13.8. The summed E-state index contributed by atoms with van der Waals surface area (Å²) in [6.45, 7) is 0.295. The fourth-order valence-corrected chi connectivity index (χ4v) is 3.44. The van der Waals surface area contributed by atoms with Gasteiger partial charge in [-0.05, 0) is 29.5 Å². The van der Waals surface area contributed by atoms with Crippen LogP contribution in [0.15, 0.2) is 53.3 Å². The number of rotatable bonds is 5. The molecule has 3 heterocycles. The highest BCUT2D eigenvalue weighted by Gasteiger charge is 2.34. The van der Waals surface area contributed by atoms with Gasteiger partial charge < -0.3 is 4.98 Å². The van der Waals surface area contributed by atoms with Crippen molar-refractivity contribution in [3.63, 3.8) is 0 Å². The van der Waals surface area contributed by atoms with Gasteiger partial charge in [-0.25, -0.2) is 4.98 Å². The summed E-state index contributed by atoms with van der Waals surface area (Å²) in [6.07, 6.45) is 0.271. The van der Waals surface area contributed by atoms with Gasteiger partial charge in [0.1, 0.15) is 12.4 Å². The van der Waals surface area contributed by atoms with Crippen LogP contribution in [-0.2, 0) is 13.0 Å². The van der Waals surface area contributed by atoms with E-state index in [4.69, 9.17) is 0 Å². The van der Waals surface area contributed by atoms with Crippen LogP contribution in [-0.4, -0.2) is 53.4 Å². The highest BCUT2D eigenvalue weighted by molar-refractivity contribution is 6.21. The third-order valence-corrected chi connectivity index (χ3v) is 4.88. The molecule has 30 heavy (non-hydrogen) atoms. The Morgan fingerprint density at radius 1 is 0.900 bits per heavy atom. The third-order valence-electron chi connectivity index (χ3n) is 4.88. The minimum Gasteiger partial charge on any atom is -0.308 e. The Kier molecular flexibility index (Phi) is 4.16. The highest BCUT2D eigenvalue weighted by Crippen LogP contribution is 2.22. The summed E-state index contributed by atoms with van der Waals surface area (Å²) in [5.41, 5.74) is 1.17. The number of carbonyl (C=O) groups excluding carboxylic acids is 2. The highest BCUT2D eigenvalue weighted by atomic mass is 16.2. The molecule has 0 saturated carbocycles. The van der Waals surface area contributed by atoms with Gasteiger partial charge in [-0.15, -0.1) is 10.2 Å². The van der Waals surface area contributed by atoms with Crippen molar-refractivity contribution in [1.29, 1.82) is 0 Å². The number of aromatic amines is 1. The number of H-pyrrole nitrogens is 1. The Labute approximate surface area is 169 Å². The lowest BCUT2D eigenvalue weighted by Gasteiger charge is -2.11. The van der Waals surface area contributed by atoms with Crippen LogP contribution in [0.4, 0.5) is 0 Å². The van der Waals surface area contributed by atoms with Crippen LogP contribution in [0.2, 0.25) is 0 Å². The summed E-state index contributed by atoms with van der Waals surface area (Å²) in [7, 11) is 0. The van der Waals surface area contributed by atoms with Gasteiger partial charge in [0.25, 0.3) is 17.4 Å². The minimum absolute atomic E-state index is 0.139. The first-order valence-corrected chi connectivity index (χ1v) is 9.30. The average molecular weight is 401 g/mol. The van der Waals surface area contributed by atoms with Crippen LogP contribution in [0.1, 0.15) is 32.4 Å². The van der Waals surface area contributed by atoms with Gasteiger partial charge in [0.2, 0.25) is 0 Å². The van der Waals surface area contributed by atoms with Crippen LogP contribution < -0.4 is 5.56 Å². The third kappa shape index (κ3) is 3.04. The fraction of sp³-hybridized carbons (Fsp3) is 0.150. The van der Waals surface area contributed by atoms with E-state index >= 15 is 0 Å². The van der Waals surface area contributed by atoms with Crippen LogP contribution in [0.5, 0.6) is 0 Å². The fourth-order valence-electron chi connectivity index (χ4n) is 3.44. The minimum atomic E-state index is -0.319. The van der Waals surface area contributed by atoms with E-state index in [-0.39, 0.29) is 36.9 Å². The first kappa shape index (κ1) is 17.9. The number of benzene rings is 2. The van der Waals surface area contributed by atoms with E-state index in [9.17, 15) is 14.4 Å². The standard InChI is InChI=1S/C20H15N7O3/c28-18-14-7-3-4-8-15(14)21-17(22-18)11-27-24-16(23-25-27)9-10-26-19(29)12-5-1-2-6-13(12)20(26)30/h1-8H,9-11H2,(H,21,22,28). The molecule has 5 rings (SSSR count). The number of nitrogens with zero attached hydrogens (tertiary/aromatic N) is 6. The largest absolute Gasteiger partial charge is 0.308 e. The van der Waals surface area contributed by atoms with E-state index in [2.05, 4.69) is 25.4 Å². The quantitative estimate of drug-likeness (QED) is 0.490. The maximum Gasteiger partial charge on any atom is 0.261 e. The molecule has 4 aromatic rings. The van der Waals surface area contributed by atoms with E-state index < -0.39 is 0 Å². The summed E-state index contributed by atoms with van der Waals surface area (Å²) >= 11 is 0. The van der Waals surface area contributed by atoms with Crippen LogP contribution >= 0.6 is 0 Å². The number of hydrogen-bond donors (Lipinski definition) is 1. The van der Waals surface area contributed by atoms with Gasteiger partial charge >= 0.3 is 0 Å². The van der Waals surface area contributed by atoms with Crippen LogP contribution in [0.25, 0.3) is 10.9 Å². The number of hydrogen-bond acceptors (Lipinski definition) is 7. The summed E-state index contributed by atoms with van der Waals surface area (Å²) < 4.78 is 0. The zero-order valence-corrected chi connectivity index (χ0v) is 15.6. The molecular weight excluding hydrogens is 386 g/mol. The van der Waals surface area contributed by atoms with Crippen molar-refractivity contribution in [1.82, 2.24) is 35.1 Å². The Morgan fingerprint density at radius 3 is 2.37 bits per heavy atom. The molecule has 2 amide bonds. The molecule has 1 N–H and O–H groups in total. The van der Waals surface area contributed by atoms with Gasteiger partial charge in [0, 0.05) is 13.0 Å². The molecule has 0 saturated heterocycles. The number of amides is 2. The van der Waals surface area contributed by atoms with Crippen LogP contribution in [0.3, 0.4) is 0 Å². The van der Waals surface area contributed by atoms with Crippen molar-refractivity contribution < 1.29 is 9.59 Å². The maximum atomic E-state index is 12.4. The zero-order chi connectivity index (χ0) is 20.7. The van der Waals surface area contributed by atoms with Gasteiger partial charge in [-0.3, -0.25) is 19.3 Å². The molecule has 1 aliphatic rings. The van der Waals surface area contributed by atoms with Gasteiger partial charge in [0.15, 0.2) is 5.82 Å². The molecule has 148 valence electrons. The molecule has 0 fully saturated rings. The summed E-state index contributed by atoms with van der Waals surface area (Å²) in [4.78, 5) is 46.6. The first-order chi connectivity index (χ1) is 14.6. The predicted octanol–water partition coefficient (Wildman–Crippen LogP) is 0.797. The van der Waals surface area contributed by atoms with Crippen molar-refractivity contribution in [2.45, 2.75) is 13.0 Å². The molecule has 10 heteroatoms. The molecule has 0 radical (unpaired) electrons. The topological polar surface area (TPSA) is 127 Å². The molecule has 2 aromatic heterocycles. The summed E-state index contributed by atoms with van der Waals surface area (Å²) in [5, 5.41) is 12.7. The van der Waals surface area contributed by atoms with Gasteiger partial charge in [-0.2, -0.15) is 4.80 Å². The van der Waals surface area contributed by atoms with Crippen molar-refractivity contribution in [2.75, 3.05) is 6.54 Å². The average Bonchev–Trinajstić information content (AvgIpc) is 3.29. The number of para-hydroxylation sites is 1. The Hall–Kier alpha value is -4.21. The normalized spacial score (nSPS) is 13.3. The lowest BCUT2D eigenvalue weighted by Crippen LogP contribution is -2.32. The Bertz CT molecular complexity index is 1320. The predicted molar refractivity (Wildman–Crippen MR) is 105 cm³/mol. The molecule has 1 aliphatic heterocycles. The van der Waals surface area contributed by atoms with Crippen molar-refractivity contribution >= 4 is 22.7 Å². The van der Waals surface area contributed by atoms with Crippen molar-refractivity contribution in [3.8, 4) is 0 Å². The number of imide groups is 1. The molecule has 0 bridgehead atoms. The maximum absolute atomic E-state index is 12.4. The summed E-state index contributed by atoms with van der Waals surface area (Å²) in [5.74, 6) is 0.152. The van der Waals surface area contributed by atoms with E-state index in [1.165, 1.54) is 9.70 Å².